The van der Waals surface area contributed by atoms with E-state index < -0.39 is 0 Å². The van der Waals surface area contributed by atoms with Crippen LogP contribution in [0.2, 0.25) is 0 Å². The molecule has 17 heavy (non-hydrogen) atoms. The molecule has 0 radical (unpaired) electrons. The number of aliphatic hydroxyl groups excluding tert-OH is 1. The molecule has 0 heterocycles. The molecule has 5 heteroatoms. The normalized spacial score (nSPS) is 10.1. The number of carbonyl (C=O) groups is 1. The summed E-state index contributed by atoms with van der Waals surface area (Å²) in [4.78, 5) is 14.3. The molecule has 0 aliphatic heterocycles. The van der Waals surface area contributed by atoms with Gasteiger partial charge in [0.25, 0.3) is 5.91 Å². The molecule has 1 amide bonds. The first-order chi connectivity index (χ1) is 8.10. The first kappa shape index (κ1) is 14.3. The van der Waals surface area contributed by atoms with E-state index in [2.05, 4.69) is 35.1 Å². The maximum Gasteiger partial charge on any atom is 0.255 e. The van der Waals surface area contributed by atoms with Crippen LogP contribution in [-0.2, 0) is 0 Å². The van der Waals surface area contributed by atoms with Crippen LogP contribution in [0.4, 0.5) is 0 Å². The molecule has 0 unspecified atom stereocenters. The summed E-state index contributed by atoms with van der Waals surface area (Å²) < 4.78 is 0.872. The van der Waals surface area contributed by atoms with Crippen LogP contribution in [-0.4, -0.2) is 35.6 Å². The van der Waals surface area contributed by atoms with Crippen LogP contribution >= 0.6 is 28.6 Å². The molecule has 0 aliphatic carbocycles. The van der Waals surface area contributed by atoms with Crippen molar-refractivity contribution in [2.45, 2.75) is 4.90 Å². The number of nitrogens with zero attached hydrogens (tertiary/aromatic N) is 1. The Labute approximate surface area is 115 Å². The largest absolute Gasteiger partial charge is 0.395 e. The van der Waals surface area contributed by atoms with Gasteiger partial charge in [-0.2, -0.15) is 0 Å². The van der Waals surface area contributed by atoms with Gasteiger partial charge in [-0.1, -0.05) is 22.0 Å². The molecular formula is C12H14BrNO2S. The third kappa shape index (κ3) is 3.87. The second-order valence-electron chi connectivity index (χ2n) is 3.42. The fourth-order valence-corrected chi connectivity index (χ4v) is 2.26. The molecule has 0 bridgehead atoms. The minimum Gasteiger partial charge on any atom is -0.395 e. The van der Waals surface area contributed by atoms with Gasteiger partial charge >= 0.3 is 0 Å². The van der Waals surface area contributed by atoms with Gasteiger partial charge in [-0.25, -0.2) is 0 Å². The third-order valence-electron chi connectivity index (χ3n) is 2.20. The topological polar surface area (TPSA) is 40.5 Å². The molecule has 0 saturated heterocycles. The van der Waals surface area contributed by atoms with Crippen molar-refractivity contribution in [3.05, 3.63) is 40.9 Å². The Morgan fingerprint density at radius 1 is 1.59 bits per heavy atom. The van der Waals surface area contributed by atoms with Gasteiger partial charge in [0.2, 0.25) is 0 Å². The Balaban J connectivity index is 2.96. The van der Waals surface area contributed by atoms with E-state index in [0.29, 0.717) is 17.0 Å². The molecule has 92 valence electrons. The van der Waals surface area contributed by atoms with Gasteiger partial charge in [-0.15, -0.1) is 19.2 Å². The number of hydrogen-bond acceptors (Lipinski definition) is 3. The smallest absolute Gasteiger partial charge is 0.255 e. The minimum absolute atomic E-state index is 0.0714. The lowest BCUT2D eigenvalue weighted by Gasteiger charge is -2.20. The van der Waals surface area contributed by atoms with E-state index in [0.717, 1.165) is 4.47 Å². The molecule has 0 fully saturated rings. The van der Waals surface area contributed by atoms with Gasteiger partial charge in [0.15, 0.2) is 0 Å². The molecule has 0 atom stereocenters. The van der Waals surface area contributed by atoms with Crippen molar-refractivity contribution < 1.29 is 9.90 Å². The summed E-state index contributed by atoms with van der Waals surface area (Å²) in [5, 5.41) is 8.92. The van der Waals surface area contributed by atoms with Gasteiger partial charge in [0.05, 0.1) is 12.2 Å². The molecule has 0 spiro atoms. The first-order valence-corrected chi connectivity index (χ1v) is 6.33. The maximum absolute atomic E-state index is 12.2. The van der Waals surface area contributed by atoms with E-state index in [1.165, 1.54) is 4.90 Å². The van der Waals surface area contributed by atoms with Crippen LogP contribution in [0.25, 0.3) is 0 Å². The highest BCUT2D eigenvalue weighted by atomic mass is 79.9. The standard InChI is InChI=1S/C12H14BrNO2S/c1-2-5-14(6-7-15)12(16)10-4-3-9(13)8-11(10)17/h2-4,8,15,17H,1,5-7H2. The maximum atomic E-state index is 12.2. The van der Waals surface area contributed by atoms with Crippen LogP contribution in [0.5, 0.6) is 0 Å². The minimum atomic E-state index is -0.156. The number of rotatable bonds is 5. The van der Waals surface area contributed by atoms with Crippen molar-refractivity contribution in [1.29, 1.82) is 0 Å². The lowest BCUT2D eigenvalue weighted by Crippen LogP contribution is -2.33. The first-order valence-electron chi connectivity index (χ1n) is 5.09. The number of carbonyl (C=O) groups excluding carboxylic acids is 1. The summed E-state index contributed by atoms with van der Waals surface area (Å²) in [7, 11) is 0. The Bertz CT molecular complexity index is 423. The van der Waals surface area contributed by atoms with E-state index in [1.807, 2.05) is 0 Å². The lowest BCUT2D eigenvalue weighted by atomic mass is 10.2. The van der Waals surface area contributed by atoms with Crippen molar-refractivity contribution in [1.82, 2.24) is 4.90 Å². The molecule has 1 rings (SSSR count). The highest BCUT2D eigenvalue weighted by Gasteiger charge is 2.16. The Kier molecular flexibility index (Phi) is 5.74. The van der Waals surface area contributed by atoms with Crippen LogP contribution in [0.1, 0.15) is 10.4 Å². The Hall–Kier alpha value is -0.780. The number of thiol groups is 1. The molecule has 0 aliphatic rings. The van der Waals surface area contributed by atoms with Crippen LogP contribution in [0, 0.1) is 0 Å². The van der Waals surface area contributed by atoms with E-state index >= 15 is 0 Å². The zero-order chi connectivity index (χ0) is 12.8. The van der Waals surface area contributed by atoms with Crippen molar-refractivity contribution in [2.24, 2.45) is 0 Å². The molecule has 1 aromatic rings. The van der Waals surface area contributed by atoms with Crippen molar-refractivity contribution in [3.8, 4) is 0 Å². The summed E-state index contributed by atoms with van der Waals surface area (Å²) in [5.74, 6) is -0.156. The zero-order valence-electron chi connectivity index (χ0n) is 9.27. The Morgan fingerprint density at radius 2 is 2.29 bits per heavy atom. The average molecular weight is 316 g/mol. The summed E-state index contributed by atoms with van der Waals surface area (Å²) in [6.45, 7) is 4.21. The molecule has 0 saturated carbocycles. The Morgan fingerprint density at radius 3 is 2.82 bits per heavy atom. The summed E-state index contributed by atoms with van der Waals surface area (Å²) in [5.41, 5.74) is 0.520. The van der Waals surface area contributed by atoms with Gasteiger partial charge in [-0.05, 0) is 18.2 Å². The van der Waals surface area contributed by atoms with E-state index in [1.54, 1.807) is 24.3 Å². The predicted molar refractivity (Wildman–Crippen MR) is 74.6 cm³/mol. The number of aliphatic hydroxyl groups is 1. The molecule has 1 aromatic carbocycles. The number of amides is 1. The summed E-state index contributed by atoms with van der Waals surface area (Å²) in [6, 6.07) is 5.27. The van der Waals surface area contributed by atoms with Gasteiger partial charge in [0, 0.05) is 22.5 Å². The second-order valence-corrected chi connectivity index (χ2v) is 4.82. The third-order valence-corrected chi connectivity index (χ3v) is 3.06. The average Bonchev–Trinajstić information content (AvgIpc) is 2.28. The predicted octanol–water partition coefficient (Wildman–Crippen LogP) is 2.36. The highest BCUT2D eigenvalue weighted by Crippen LogP contribution is 2.21. The molecule has 3 nitrogen and oxygen atoms in total. The van der Waals surface area contributed by atoms with Gasteiger partial charge < -0.3 is 10.0 Å². The molecular weight excluding hydrogens is 302 g/mol. The van der Waals surface area contributed by atoms with Gasteiger partial charge in [-0.3, -0.25) is 4.79 Å². The fraction of sp³-hybridized carbons (Fsp3) is 0.250. The molecule has 0 aromatic heterocycles. The van der Waals surface area contributed by atoms with E-state index in [4.69, 9.17) is 5.11 Å². The summed E-state index contributed by atoms with van der Waals surface area (Å²) >= 11 is 7.59. The molecule has 1 N–H and O–H groups in total. The van der Waals surface area contributed by atoms with Crippen LogP contribution in [0.15, 0.2) is 40.2 Å². The highest BCUT2D eigenvalue weighted by molar-refractivity contribution is 9.10. The van der Waals surface area contributed by atoms with Crippen molar-refractivity contribution in [3.63, 3.8) is 0 Å². The number of halogens is 1. The summed E-state index contributed by atoms with van der Waals surface area (Å²) in [6.07, 6.45) is 1.63. The van der Waals surface area contributed by atoms with Crippen LogP contribution in [0.3, 0.4) is 0 Å². The quantitative estimate of drug-likeness (QED) is 0.647. The van der Waals surface area contributed by atoms with Gasteiger partial charge in [0.1, 0.15) is 0 Å². The zero-order valence-corrected chi connectivity index (χ0v) is 11.7. The SMILES string of the molecule is C=CCN(CCO)C(=O)c1ccc(Br)cc1S. The van der Waals surface area contributed by atoms with Crippen molar-refractivity contribution in [2.75, 3.05) is 19.7 Å². The second kappa shape index (κ2) is 6.83. The van der Waals surface area contributed by atoms with E-state index in [9.17, 15) is 4.79 Å². The number of benzene rings is 1. The van der Waals surface area contributed by atoms with E-state index in [-0.39, 0.29) is 19.1 Å². The number of hydrogen-bond donors (Lipinski definition) is 2. The van der Waals surface area contributed by atoms with Crippen LogP contribution < -0.4 is 0 Å². The fourth-order valence-electron chi connectivity index (χ4n) is 1.41. The lowest BCUT2D eigenvalue weighted by molar-refractivity contribution is 0.0739. The van der Waals surface area contributed by atoms with Crippen molar-refractivity contribution >= 4 is 34.5 Å². The monoisotopic (exact) mass is 315 g/mol.